The van der Waals surface area contributed by atoms with Crippen molar-refractivity contribution in [3.8, 4) is 0 Å². The van der Waals surface area contributed by atoms with Crippen molar-refractivity contribution in [3.63, 3.8) is 0 Å². The molecular formula is C21H17F3IN5O2. The van der Waals surface area contributed by atoms with E-state index in [9.17, 15) is 23.1 Å². The zero-order valence-corrected chi connectivity index (χ0v) is 18.6. The van der Waals surface area contributed by atoms with Gasteiger partial charge in [-0.15, -0.1) is 0 Å². The standard InChI is InChI=1S/C21H17F3IN5O2/c22-14-4-3-13(18(17(14)24)29-16-5-2-12(25)8-15(16)23)19(31)30-10-21(32,11-30)9-28-20-26-6-1-7-27-20/h1-8,29,32H,9-11H2,(H,26,27,28). The monoisotopic (exact) mass is 555 g/mol. The summed E-state index contributed by atoms with van der Waals surface area (Å²) in [4.78, 5) is 22.2. The van der Waals surface area contributed by atoms with E-state index in [1.54, 1.807) is 24.5 Å². The number of hydrogen-bond acceptors (Lipinski definition) is 6. The van der Waals surface area contributed by atoms with Gasteiger partial charge in [-0.05, 0) is 59.0 Å². The number of β-amino-alcohol motifs (C(OH)–C–C–N with tert-alkyl or cyclic N) is 1. The van der Waals surface area contributed by atoms with Crippen LogP contribution >= 0.6 is 22.6 Å². The summed E-state index contributed by atoms with van der Waals surface area (Å²) < 4.78 is 43.3. The van der Waals surface area contributed by atoms with Crippen molar-refractivity contribution in [2.24, 2.45) is 0 Å². The maximum atomic E-state index is 14.6. The zero-order chi connectivity index (χ0) is 22.9. The average molecular weight is 555 g/mol. The molecule has 3 N–H and O–H groups in total. The number of amides is 1. The average Bonchev–Trinajstić information content (AvgIpc) is 2.75. The molecule has 0 saturated carbocycles. The molecule has 1 amide bonds. The van der Waals surface area contributed by atoms with Crippen LogP contribution in [0.1, 0.15) is 10.4 Å². The Labute approximate surface area is 194 Å². The molecule has 7 nitrogen and oxygen atoms in total. The Morgan fingerprint density at radius 1 is 1.12 bits per heavy atom. The van der Waals surface area contributed by atoms with Crippen LogP contribution in [0.2, 0.25) is 0 Å². The van der Waals surface area contributed by atoms with Crippen molar-refractivity contribution in [1.29, 1.82) is 0 Å². The van der Waals surface area contributed by atoms with Crippen LogP contribution in [0.3, 0.4) is 0 Å². The Morgan fingerprint density at radius 2 is 1.84 bits per heavy atom. The quantitative estimate of drug-likeness (QED) is 0.404. The van der Waals surface area contributed by atoms with Crippen LogP contribution in [0, 0.1) is 21.0 Å². The van der Waals surface area contributed by atoms with E-state index in [0.29, 0.717) is 9.52 Å². The molecule has 11 heteroatoms. The Bertz CT molecular complexity index is 1160. The van der Waals surface area contributed by atoms with E-state index in [0.717, 1.165) is 12.1 Å². The van der Waals surface area contributed by atoms with Gasteiger partial charge in [0.05, 0.1) is 36.6 Å². The third-order valence-electron chi connectivity index (χ3n) is 4.91. The predicted molar refractivity (Wildman–Crippen MR) is 120 cm³/mol. The number of carbonyl (C=O) groups is 1. The molecule has 0 unspecified atom stereocenters. The van der Waals surface area contributed by atoms with Gasteiger partial charge in [-0.2, -0.15) is 0 Å². The van der Waals surface area contributed by atoms with Crippen molar-refractivity contribution in [2.45, 2.75) is 5.60 Å². The van der Waals surface area contributed by atoms with Gasteiger partial charge in [0.2, 0.25) is 5.95 Å². The van der Waals surface area contributed by atoms with Gasteiger partial charge in [0.1, 0.15) is 11.4 Å². The number of benzene rings is 2. The first-order valence-corrected chi connectivity index (χ1v) is 10.6. The number of likely N-dealkylation sites (tertiary alicyclic amines) is 1. The summed E-state index contributed by atoms with van der Waals surface area (Å²) >= 11 is 1.92. The first kappa shape index (κ1) is 22.3. The minimum absolute atomic E-state index is 0.0397. The molecule has 1 aliphatic heterocycles. The van der Waals surface area contributed by atoms with Crippen LogP contribution in [0.15, 0.2) is 48.8 Å². The van der Waals surface area contributed by atoms with Gasteiger partial charge in [0, 0.05) is 16.0 Å². The highest BCUT2D eigenvalue weighted by Gasteiger charge is 2.44. The fraction of sp³-hybridized carbons (Fsp3) is 0.190. The Morgan fingerprint density at radius 3 is 2.53 bits per heavy atom. The van der Waals surface area contributed by atoms with Crippen LogP contribution in [-0.4, -0.2) is 51.1 Å². The maximum absolute atomic E-state index is 14.6. The van der Waals surface area contributed by atoms with Gasteiger partial charge in [0.25, 0.3) is 5.91 Å². The lowest BCUT2D eigenvalue weighted by Crippen LogP contribution is -2.66. The minimum atomic E-state index is -1.30. The normalized spacial score (nSPS) is 14.6. The molecule has 1 fully saturated rings. The molecule has 2 heterocycles. The Kier molecular flexibility index (Phi) is 6.20. The zero-order valence-electron chi connectivity index (χ0n) is 16.4. The van der Waals surface area contributed by atoms with Crippen LogP contribution in [0.25, 0.3) is 0 Å². The van der Waals surface area contributed by atoms with E-state index in [2.05, 4.69) is 20.6 Å². The molecule has 2 aromatic carbocycles. The number of rotatable bonds is 6. The first-order valence-electron chi connectivity index (χ1n) is 9.48. The Balaban J connectivity index is 1.50. The number of aliphatic hydroxyl groups is 1. The predicted octanol–water partition coefficient (Wildman–Crippen LogP) is 3.54. The third kappa shape index (κ3) is 4.63. The lowest BCUT2D eigenvalue weighted by molar-refractivity contribution is -0.0707. The van der Waals surface area contributed by atoms with E-state index in [1.807, 2.05) is 22.6 Å². The molecule has 0 atom stereocenters. The van der Waals surface area contributed by atoms with Crippen molar-refractivity contribution >= 4 is 45.8 Å². The van der Waals surface area contributed by atoms with E-state index < -0.39 is 34.6 Å². The number of nitrogens with zero attached hydrogens (tertiary/aromatic N) is 3. The van der Waals surface area contributed by atoms with Gasteiger partial charge in [-0.3, -0.25) is 4.79 Å². The van der Waals surface area contributed by atoms with E-state index in [-0.39, 0.29) is 30.9 Å². The number of nitrogens with one attached hydrogen (secondary N) is 2. The molecule has 1 saturated heterocycles. The number of carbonyl (C=O) groups excluding carboxylic acids is 1. The topological polar surface area (TPSA) is 90.4 Å². The molecule has 1 aliphatic rings. The fourth-order valence-electron chi connectivity index (χ4n) is 3.30. The molecule has 166 valence electrons. The second-order valence-electron chi connectivity index (χ2n) is 7.34. The molecule has 32 heavy (non-hydrogen) atoms. The van der Waals surface area contributed by atoms with Crippen LogP contribution in [0.5, 0.6) is 0 Å². The lowest BCUT2D eigenvalue weighted by atomic mass is 9.93. The molecule has 1 aromatic heterocycles. The van der Waals surface area contributed by atoms with Gasteiger partial charge < -0.3 is 20.6 Å². The molecule has 0 bridgehead atoms. The second kappa shape index (κ2) is 8.90. The van der Waals surface area contributed by atoms with Crippen molar-refractivity contribution in [2.75, 3.05) is 30.3 Å². The second-order valence-corrected chi connectivity index (χ2v) is 8.59. The summed E-state index contributed by atoms with van der Waals surface area (Å²) in [5, 5.41) is 16.0. The highest BCUT2D eigenvalue weighted by atomic mass is 127. The number of hydrogen-bond donors (Lipinski definition) is 3. The molecule has 4 rings (SSSR count). The van der Waals surface area contributed by atoms with E-state index in [1.165, 1.54) is 17.0 Å². The Hall–Kier alpha value is -2.93. The summed E-state index contributed by atoms with van der Waals surface area (Å²) in [6.07, 6.45) is 3.09. The summed E-state index contributed by atoms with van der Waals surface area (Å²) in [5.74, 6) is -3.45. The van der Waals surface area contributed by atoms with Gasteiger partial charge in [-0.1, -0.05) is 0 Å². The van der Waals surface area contributed by atoms with Crippen molar-refractivity contribution < 1.29 is 23.1 Å². The summed E-state index contributed by atoms with van der Waals surface area (Å²) in [6, 6.07) is 7.79. The summed E-state index contributed by atoms with van der Waals surface area (Å²) in [6.45, 7) is 0.0154. The largest absolute Gasteiger partial charge is 0.384 e. The highest BCUT2D eigenvalue weighted by Crippen LogP contribution is 2.31. The summed E-state index contributed by atoms with van der Waals surface area (Å²) in [7, 11) is 0. The molecule has 0 radical (unpaired) electrons. The molecular weight excluding hydrogens is 538 g/mol. The van der Waals surface area contributed by atoms with E-state index in [4.69, 9.17) is 0 Å². The molecule has 3 aromatic rings. The van der Waals surface area contributed by atoms with Gasteiger partial charge in [-0.25, -0.2) is 23.1 Å². The van der Waals surface area contributed by atoms with Crippen molar-refractivity contribution in [3.05, 3.63) is 75.4 Å². The minimum Gasteiger partial charge on any atom is -0.384 e. The van der Waals surface area contributed by atoms with E-state index >= 15 is 0 Å². The fourth-order valence-corrected chi connectivity index (χ4v) is 3.75. The van der Waals surface area contributed by atoms with Crippen molar-refractivity contribution in [1.82, 2.24) is 14.9 Å². The number of aromatic nitrogens is 2. The van der Waals surface area contributed by atoms with Crippen LogP contribution < -0.4 is 10.6 Å². The van der Waals surface area contributed by atoms with Gasteiger partial charge >= 0.3 is 0 Å². The smallest absolute Gasteiger partial charge is 0.256 e. The van der Waals surface area contributed by atoms with Crippen LogP contribution in [-0.2, 0) is 0 Å². The van der Waals surface area contributed by atoms with Crippen LogP contribution in [0.4, 0.5) is 30.5 Å². The summed E-state index contributed by atoms with van der Waals surface area (Å²) in [5.41, 5.74) is -1.98. The third-order valence-corrected chi connectivity index (χ3v) is 5.59. The number of halogens is 4. The lowest BCUT2D eigenvalue weighted by Gasteiger charge is -2.46. The van der Waals surface area contributed by atoms with Gasteiger partial charge in [0.15, 0.2) is 11.6 Å². The molecule has 0 aliphatic carbocycles. The molecule has 0 spiro atoms. The first-order chi connectivity index (χ1) is 15.3. The number of anilines is 3. The SMILES string of the molecule is O=C(c1ccc(F)c(F)c1Nc1ccc(I)cc1F)N1CC(O)(CNc2ncccn2)C1. The highest BCUT2D eigenvalue weighted by molar-refractivity contribution is 14.1. The maximum Gasteiger partial charge on any atom is 0.256 e.